The molecule has 2 aromatic rings. The van der Waals surface area contributed by atoms with E-state index < -0.39 is 68.7 Å². The number of amides is 1. The van der Waals surface area contributed by atoms with Crippen LogP contribution >= 0.6 is 12.2 Å². The molecule has 0 radical (unpaired) electrons. The van der Waals surface area contributed by atoms with E-state index in [0.29, 0.717) is 28.0 Å². The zero-order valence-electron chi connectivity index (χ0n) is 17.5. The second kappa shape index (κ2) is 8.11. The summed E-state index contributed by atoms with van der Waals surface area (Å²) in [5.41, 5.74) is -8.82. The minimum absolute atomic E-state index is 0.127. The maximum Gasteiger partial charge on any atom is 0.418 e. The zero-order valence-corrected chi connectivity index (χ0v) is 18.3. The predicted molar refractivity (Wildman–Crippen MR) is 109 cm³/mol. The molecule has 14 heteroatoms. The van der Waals surface area contributed by atoms with Gasteiger partial charge in [0, 0.05) is 5.69 Å². The van der Waals surface area contributed by atoms with Gasteiger partial charge < -0.3 is 4.90 Å². The van der Waals surface area contributed by atoms with Crippen molar-refractivity contribution in [3.05, 3.63) is 58.7 Å². The van der Waals surface area contributed by atoms with Crippen LogP contribution in [0.25, 0.3) is 0 Å². The molecule has 0 aromatic heterocycles. The third-order valence-corrected chi connectivity index (χ3v) is 5.54. The van der Waals surface area contributed by atoms with Crippen LogP contribution in [0.2, 0.25) is 0 Å². The van der Waals surface area contributed by atoms with E-state index in [4.69, 9.17) is 17.5 Å². The van der Waals surface area contributed by atoms with Crippen LogP contribution in [0.3, 0.4) is 0 Å². The smallest absolute Gasteiger partial charge is 0.304 e. The summed E-state index contributed by atoms with van der Waals surface area (Å²) in [5, 5.41) is 8.15. The maximum atomic E-state index is 13.7. The number of nitriles is 1. The molecule has 3 rings (SSSR count). The van der Waals surface area contributed by atoms with Gasteiger partial charge in [-0.05, 0) is 62.5 Å². The summed E-state index contributed by atoms with van der Waals surface area (Å²) in [7, 11) is 0. The number of carbonyl (C=O) groups excluding carboxylic acids is 1. The number of anilines is 2. The molecule has 1 aliphatic rings. The standard InChI is InChI=1S/C21H12F9N3OS/c1-18(2)16(34)32(15-4-3-10(9-31)5-14(15)21(28,29)30)17(35)33(18)13-7-11(19(22,23)24)6-12(8-13)20(25,26)27/h3-8H,1-2H3. The molecule has 1 heterocycles. The number of thiocarbonyl (C=S) groups is 1. The van der Waals surface area contributed by atoms with Gasteiger partial charge in [0.1, 0.15) is 5.54 Å². The lowest BCUT2D eigenvalue weighted by atomic mass is 10.0. The molecule has 35 heavy (non-hydrogen) atoms. The Morgan fingerprint density at radius 1 is 0.857 bits per heavy atom. The molecule has 4 nitrogen and oxygen atoms in total. The van der Waals surface area contributed by atoms with Crippen molar-refractivity contribution in [3.8, 4) is 6.07 Å². The molecule has 1 saturated heterocycles. The third kappa shape index (κ3) is 4.64. The maximum absolute atomic E-state index is 13.7. The number of alkyl halides is 9. The number of hydrogen-bond acceptors (Lipinski definition) is 3. The predicted octanol–water partition coefficient (Wildman–Crippen LogP) is 6.53. The molecular weight excluding hydrogens is 513 g/mol. The fourth-order valence-corrected chi connectivity index (χ4v) is 4.05. The highest BCUT2D eigenvalue weighted by Gasteiger charge is 2.53. The van der Waals surface area contributed by atoms with Gasteiger partial charge in [0.2, 0.25) is 0 Å². The number of halogens is 9. The quantitative estimate of drug-likeness (QED) is 0.331. The highest BCUT2D eigenvalue weighted by Crippen LogP contribution is 2.45. The van der Waals surface area contributed by atoms with Crippen LogP contribution in [0, 0.1) is 11.3 Å². The van der Waals surface area contributed by atoms with Crippen molar-refractivity contribution < 1.29 is 44.3 Å². The van der Waals surface area contributed by atoms with Crippen LogP contribution in [0.4, 0.5) is 50.9 Å². The van der Waals surface area contributed by atoms with Crippen molar-refractivity contribution in [2.75, 3.05) is 9.80 Å². The Hall–Kier alpha value is -3.34. The van der Waals surface area contributed by atoms with Crippen molar-refractivity contribution in [2.24, 2.45) is 0 Å². The molecule has 0 unspecified atom stereocenters. The lowest BCUT2D eigenvalue weighted by molar-refractivity contribution is -0.143. The highest BCUT2D eigenvalue weighted by atomic mass is 32.1. The Bertz CT molecular complexity index is 1220. The Balaban J connectivity index is 2.25. The Kier molecular flexibility index (Phi) is 6.09. The summed E-state index contributed by atoms with van der Waals surface area (Å²) < 4.78 is 121. The largest absolute Gasteiger partial charge is 0.418 e. The van der Waals surface area contributed by atoms with Crippen LogP contribution in [0.1, 0.15) is 36.1 Å². The average Bonchev–Trinajstić information content (AvgIpc) is 2.89. The van der Waals surface area contributed by atoms with E-state index in [1.807, 2.05) is 0 Å². The molecule has 1 amide bonds. The van der Waals surface area contributed by atoms with E-state index >= 15 is 0 Å². The minimum atomic E-state index is -5.21. The Morgan fingerprint density at radius 2 is 1.37 bits per heavy atom. The topological polar surface area (TPSA) is 47.3 Å². The van der Waals surface area contributed by atoms with Gasteiger partial charge in [0.05, 0.1) is 34.0 Å². The van der Waals surface area contributed by atoms with Crippen molar-refractivity contribution >= 4 is 34.6 Å². The van der Waals surface area contributed by atoms with Gasteiger partial charge >= 0.3 is 18.5 Å². The first kappa shape index (κ1) is 26.3. The third-order valence-electron chi connectivity index (χ3n) is 5.17. The first-order chi connectivity index (χ1) is 15.8. The molecular formula is C21H12F9N3OS. The zero-order chi connectivity index (χ0) is 26.7. The van der Waals surface area contributed by atoms with E-state index in [1.54, 1.807) is 0 Å². The summed E-state index contributed by atoms with van der Waals surface area (Å²) in [6.45, 7) is 2.18. The monoisotopic (exact) mass is 525 g/mol. The summed E-state index contributed by atoms with van der Waals surface area (Å²) >= 11 is 5.11. The molecule has 186 valence electrons. The molecule has 0 N–H and O–H groups in total. The summed E-state index contributed by atoms with van der Waals surface area (Å²) in [5.74, 6) is -1.14. The molecule has 1 aliphatic heterocycles. The SMILES string of the molecule is CC1(C)C(=O)N(c2ccc(C#N)cc2C(F)(F)F)C(=S)N1c1cc(C(F)(F)F)cc(C(F)(F)F)c1. The summed E-state index contributed by atoms with van der Waals surface area (Å²) in [4.78, 5) is 14.2. The van der Waals surface area contributed by atoms with Crippen LogP contribution in [-0.4, -0.2) is 16.6 Å². The average molecular weight is 525 g/mol. The van der Waals surface area contributed by atoms with Crippen molar-refractivity contribution in [1.82, 2.24) is 0 Å². The molecule has 0 saturated carbocycles. The second-order valence-corrected chi connectivity index (χ2v) is 8.29. The van der Waals surface area contributed by atoms with E-state index in [1.165, 1.54) is 6.07 Å². The van der Waals surface area contributed by atoms with Gasteiger partial charge in [-0.2, -0.15) is 44.8 Å². The molecule has 0 atom stereocenters. The number of nitrogens with zero attached hydrogens (tertiary/aromatic N) is 3. The van der Waals surface area contributed by atoms with Crippen molar-refractivity contribution in [3.63, 3.8) is 0 Å². The normalized spacial score (nSPS) is 16.6. The first-order valence-electron chi connectivity index (χ1n) is 9.39. The fourth-order valence-electron chi connectivity index (χ4n) is 3.54. The van der Waals surface area contributed by atoms with E-state index in [-0.39, 0.29) is 6.07 Å². The highest BCUT2D eigenvalue weighted by molar-refractivity contribution is 7.81. The van der Waals surface area contributed by atoms with Crippen LogP contribution < -0.4 is 9.80 Å². The van der Waals surface area contributed by atoms with Gasteiger partial charge in [0.25, 0.3) is 5.91 Å². The Labute approximate surface area is 197 Å². The van der Waals surface area contributed by atoms with E-state index in [2.05, 4.69) is 0 Å². The summed E-state index contributed by atoms with van der Waals surface area (Å²) in [6.07, 6.45) is -15.5. The molecule has 0 spiro atoms. The molecule has 2 aromatic carbocycles. The van der Waals surface area contributed by atoms with Gasteiger partial charge in [-0.3, -0.25) is 9.69 Å². The van der Waals surface area contributed by atoms with Gasteiger partial charge in [-0.1, -0.05) is 0 Å². The number of rotatable bonds is 2. The first-order valence-corrected chi connectivity index (χ1v) is 9.80. The molecule has 1 fully saturated rings. The number of benzene rings is 2. The van der Waals surface area contributed by atoms with E-state index in [0.717, 1.165) is 26.0 Å². The van der Waals surface area contributed by atoms with Crippen LogP contribution in [0.15, 0.2) is 36.4 Å². The molecule has 0 aliphatic carbocycles. The van der Waals surface area contributed by atoms with Gasteiger partial charge in [-0.15, -0.1) is 0 Å². The van der Waals surface area contributed by atoms with Crippen molar-refractivity contribution in [2.45, 2.75) is 37.9 Å². The van der Waals surface area contributed by atoms with Gasteiger partial charge in [-0.25, -0.2) is 0 Å². The summed E-state index contributed by atoms with van der Waals surface area (Å²) in [6, 6.07) is 4.22. The number of carbonyl (C=O) groups is 1. The van der Waals surface area contributed by atoms with E-state index in [9.17, 15) is 44.3 Å². The lowest BCUT2D eigenvalue weighted by Crippen LogP contribution is -2.44. The second-order valence-electron chi connectivity index (χ2n) is 7.92. The molecule has 0 bridgehead atoms. The van der Waals surface area contributed by atoms with Crippen molar-refractivity contribution in [1.29, 1.82) is 5.26 Å². The minimum Gasteiger partial charge on any atom is -0.304 e. The fraction of sp³-hybridized carbons (Fsp3) is 0.286. The number of hydrogen-bond donors (Lipinski definition) is 0. The lowest BCUT2D eigenvalue weighted by Gasteiger charge is -2.30. The van der Waals surface area contributed by atoms with Crippen LogP contribution in [0.5, 0.6) is 0 Å². The van der Waals surface area contributed by atoms with Gasteiger partial charge in [0.15, 0.2) is 5.11 Å². The Morgan fingerprint density at radius 3 is 1.80 bits per heavy atom. The van der Waals surface area contributed by atoms with Crippen LogP contribution in [-0.2, 0) is 23.3 Å².